The lowest BCUT2D eigenvalue weighted by atomic mass is 10.1. The molecule has 1 aliphatic heterocycles. The van der Waals surface area contributed by atoms with Crippen LogP contribution in [0.5, 0.6) is 5.75 Å². The van der Waals surface area contributed by atoms with Crippen LogP contribution in [0.2, 0.25) is 0 Å². The second-order valence-corrected chi connectivity index (χ2v) is 7.44. The minimum atomic E-state index is -4.41. The van der Waals surface area contributed by atoms with Crippen LogP contribution in [0.3, 0.4) is 0 Å². The van der Waals surface area contributed by atoms with E-state index in [9.17, 15) is 27.6 Å². The fourth-order valence-electron chi connectivity index (χ4n) is 2.84. The molecule has 0 radical (unpaired) electrons. The molecule has 3 amide bonds. The van der Waals surface area contributed by atoms with Crippen molar-refractivity contribution in [3.8, 4) is 5.75 Å². The Hall–Kier alpha value is -2.88. The summed E-state index contributed by atoms with van der Waals surface area (Å²) in [6.07, 6.45) is -4.48. The van der Waals surface area contributed by atoms with Gasteiger partial charge in [-0.1, -0.05) is 28.1 Å². The number of hydrogen-bond acceptors (Lipinski definition) is 4. The summed E-state index contributed by atoms with van der Waals surface area (Å²) in [7, 11) is 0. The number of carbonyl (C=O) groups excluding carboxylic acids is 3. The summed E-state index contributed by atoms with van der Waals surface area (Å²) in [4.78, 5) is 37.8. The quantitative estimate of drug-likeness (QED) is 0.608. The van der Waals surface area contributed by atoms with E-state index in [0.29, 0.717) is 21.2 Å². The number of hydrogen-bond donors (Lipinski definition) is 1. The van der Waals surface area contributed by atoms with Crippen LogP contribution in [0.25, 0.3) is 0 Å². The Balaban J connectivity index is 1.46. The number of ether oxygens (including phenoxy) is 1. The third-order valence-electron chi connectivity index (χ3n) is 4.31. The van der Waals surface area contributed by atoms with Gasteiger partial charge in [-0.05, 0) is 35.9 Å². The Morgan fingerprint density at radius 3 is 2.37 bits per heavy atom. The van der Waals surface area contributed by atoms with Crippen LogP contribution in [-0.4, -0.2) is 41.9 Å². The molecule has 1 heterocycles. The Morgan fingerprint density at radius 2 is 1.70 bits per heavy atom. The molecule has 2 aromatic rings. The van der Waals surface area contributed by atoms with Gasteiger partial charge in [0.2, 0.25) is 5.91 Å². The van der Waals surface area contributed by atoms with E-state index in [4.69, 9.17) is 0 Å². The topological polar surface area (TPSA) is 75.7 Å². The molecule has 0 bridgehead atoms. The number of imide groups is 1. The lowest BCUT2D eigenvalue weighted by molar-refractivity contribution is -0.153. The maximum atomic E-state index is 12.4. The highest BCUT2D eigenvalue weighted by Crippen LogP contribution is 2.26. The second kappa shape index (κ2) is 8.86. The van der Waals surface area contributed by atoms with Crippen LogP contribution >= 0.6 is 15.9 Å². The summed E-state index contributed by atoms with van der Waals surface area (Å²) in [5.41, 5.74) is 1.26. The molecule has 1 aliphatic rings. The zero-order valence-corrected chi connectivity index (χ0v) is 17.0. The Morgan fingerprint density at radius 1 is 1.03 bits per heavy atom. The average molecular weight is 485 g/mol. The van der Waals surface area contributed by atoms with Crippen LogP contribution in [0.1, 0.15) is 32.7 Å². The lowest BCUT2D eigenvalue weighted by Crippen LogP contribution is -2.34. The number of carbonyl (C=O) groups is 3. The summed E-state index contributed by atoms with van der Waals surface area (Å²) in [5.74, 6) is -1.19. The van der Waals surface area contributed by atoms with Crippen molar-refractivity contribution in [2.24, 2.45) is 0 Å². The average Bonchev–Trinajstić information content (AvgIpc) is 2.93. The van der Waals surface area contributed by atoms with Crippen LogP contribution in [0, 0.1) is 0 Å². The van der Waals surface area contributed by atoms with Crippen molar-refractivity contribution < 1.29 is 32.3 Å². The molecular weight excluding hydrogens is 469 g/mol. The number of alkyl halides is 3. The molecule has 2 aromatic carbocycles. The summed E-state index contributed by atoms with van der Waals surface area (Å²) in [6, 6.07) is 10.6. The van der Waals surface area contributed by atoms with Gasteiger partial charge < -0.3 is 10.1 Å². The Kier molecular flexibility index (Phi) is 6.45. The Labute approximate surface area is 178 Å². The van der Waals surface area contributed by atoms with Crippen molar-refractivity contribution >= 4 is 33.7 Å². The Bertz CT molecular complexity index is 977. The number of nitrogens with zero attached hydrogens (tertiary/aromatic N) is 1. The van der Waals surface area contributed by atoms with Gasteiger partial charge in [-0.2, -0.15) is 13.2 Å². The largest absolute Gasteiger partial charge is 0.484 e. The smallest absolute Gasteiger partial charge is 0.422 e. The first-order chi connectivity index (χ1) is 14.1. The van der Waals surface area contributed by atoms with Crippen molar-refractivity contribution in [1.29, 1.82) is 0 Å². The number of nitrogens with one attached hydrogen (secondary N) is 1. The molecule has 0 aromatic heterocycles. The van der Waals surface area contributed by atoms with E-state index in [0.717, 1.165) is 4.90 Å². The molecule has 3 rings (SSSR count). The van der Waals surface area contributed by atoms with Crippen molar-refractivity contribution in [3.05, 3.63) is 63.6 Å². The van der Waals surface area contributed by atoms with Gasteiger partial charge in [-0.3, -0.25) is 19.3 Å². The zero-order chi connectivity index (χ0) is 21.9. The van der Waals surface area contributed by atoms with E-state index in [1.54, 1.807) is 18.2 Å². The van der Waals surface area contributed by atoms with Gasteiger partial charge in [-0.25, -0.2) is 0 Å². The highest BCUT2D eigenvalue weighted by atomic mass is 79.9. The zero-order valence-electron chi connectivity index (χ0n) is 15.5. The van der Waals surface area contributed by atoms with E-state index in [1.165, 1.54) is 24.3 Å². The minimum Gasteiger partial charge on any atom is -0.484 e. The summed E-state index contributed by atoms with van der Waals surface area (Å²) in [6.45, 7) is -1.29. The highest BCUT2D eigenvalue weighted by molar-refractivity contribution is 9.10. The molecule has 0 aliphatic carbocycles. The molecule has 0 saturated heterocycles. The normalized spacial score (nSPS) is 13.4. The van der Waals surface area contributed by atoms with Gasteiger partial charge in [0.25, 0.3) is 11.8 Å². The molecule has 0 saturated carbocycles. The maximum absolute atomic E-state index is 12.4. The third kappa shape index (κ3) is 5.38. The van der Waals surface area contributed by atoms with Gasteiger partial charge in [-0.15, -0.1) is 0 Å². The van der Waals surface area contributed by atoms with E-state index in [-0.39, 0.29) is 31.2 Å². The van der Waals surface area contributed by atoms with Gasteiger partial charge >= 0.3 is 6.18 Å². The molecule has 10 heteroatoms. The number of fused-ring (bicyclic) bond motifs is 1. The third-order valence-corrected chi connectivity index (χ3v) is 4.80. The number of halogens is 4. The SMILES string of the molecule is O=C(CCN1C(=O)c2ccc(Br)cc2C1=O)NCc1ccc(OCC(F)(F)F)cc1. The summed E-state index contributed by atoms with van der Waals surface area (Å²) in [5, 5.41) is 2.64. The fraction of sp³-hybridized carbons (Fsp3) is 0.250. The molecule has 158 valence electrons. The minimum absolute atomic E-state index is 0.0555. The molecule has 30 heavy (non-hydrogen) atoms. The first kappa shape index (κ1) is 21.8. The van der Waals surface area contributed by atoms with Gasteiger partial charge in [0.15, 0.2) is 6.61 Å². The van der Waals surface area contributed by atoms with Gasteiger partial charge in [0.05, 0.1) is 11.1 Å². The van der Waals surface area contributed by atoms with Crippen LogP contribution in [0.4, 0.5) is 13.2 Å². The van der Waals surface area contributed by atoms with Crippen molar-refractivity contribution in [2.75, 3.05) is 13.2 Å². The van der Waals surface area contributed by atoms with E-state index >= 15 is 0 Å². The molecular formula is C20H16BrF3N2O4. The first-order valence-corrected chi connectivity index (χ1v) is 9.64. The molecule has 0 spiro atoms. The van der Waals surface area contributed by atoms with E-state index in [2.05, 4.69) is 26.0 Å². The van der Waals surface area contributed by atoms with E-state index in [1.807, 2.05) is 0 Å². The van der Waals surface area contributed by atoms with Gasteiger partial charge in [0.1, 0.15) is 5.75 Å². The summed E-state index contributed by atoms with van der Waals surface area (Å²) >= 11 is 3.25. The van der Waals surface area contributed by atoms with Crippen LogP contribution in [-0.2, 0) is 11.3 Å². The second-order valence-electron chi connectivity index (χ2n) is 6.53. The van der Waals surface area contributed by atoms with Crippen LogP contribution in [0.15, 0.2) is 46.9 Å². The first-order valence-electron chi connectivity index (χ1n) is 8.85. The highest BCUT2D eigenvalue weighted by Gasteiger charge is 2.35. The maximum Gasteiger partial charge on any atom is 0.422 e. The van der Waals surface area contributed by atoms with Crippen molar-refractivity contribution in [3.63, 3.8) is 0 Å². The molecule has 0 unspecified atom stereocenters. The summed E-state index contributed by atoms with van der Waals surface area (Å²) < 4.78 is 41.7. The monoisotopic (exact) mass is 484 g/mol. The molecule has 6 nitrogen and oxygen atoms in total. The number of amides is 3. The predicted molar refractivity (Wildman–Crippen MR) is 104 cm³/mol. The number of rotatable bonds is 7. The molecule has 0 atom stereocenters. The lowest BCUT2D eigenvalue weighted by Gasteiger charge is -2.13. The van der Waals surface area contributed by atoms with Gasteiger partial charge in [0, 0.05) is 24.0 Å². The van der Waals surface area contributed by atoms with Crippen molar-refractivity contribution in [1.82, 2.24) is 10.2 Å². The molecule has 0 fully saturated rings. The molecule has 1 N–H and O–H groups in total. The van der Waals surface area contributed by atoms with Crippen LogP contribution < -0.4 is 10.1 Å². The number of benzene rings is 2. The van der Waals surface area contributed by atoms with Crippen molar-refractivity contribution in [2.45, 2.75) is 19.1 Å². The van der Waals surface area contributed by atoms with E-state index < -0.39 is 24.6 Å². The standard InChI is InChI=1S/C20H16BrF3N2O4/c21-13-3-6-15-16(9-13)19(29)26(18(15)28)8-7-17(27)25-10-12-1-4-14(5-2-12)30-11-20(22,23)24/h1-6,9H,7-8,10-11H2,(H,25,27). The fourth-order valence-corrected chi connectivity index (χ4v) is 3.20. The predicted octanol–water partition coefficient (Wildman–Crippen LogP) is 3.69.